The molecule has 0 amide bonds. The van der Waals surface area contributed by atoms with E-state index in [1.807, 2.05) is 30.3 Å². The van der Waals surface area contributed by atoms with Gasteiger partial charge in [-0.3, -0.25) is 4.79 Å². The van der Waals surface area contributed by atoms with Crippen molar-refractivity contribution in [1.82, 2.24) is 4.98 Å². The number of benzene rings is 3. The highest BCUT2D eigenvalue weighted by atomic mass is 35.5. The fourth-order valence-electron chi connectivity index (χ4n) is 3.13. The molecular formula is C24H15Cl2NO3. The maximum atomic E-state index is 12.9. The fraction of sp³-hybridized carbons (Fsp3) is 0.0417. The van der Waals surface area contributed by atoms with Crippen molar-refractivity contribution in [3.63, 3.8) is 0 Å². The number of para-hydroxylation sites is 1. The molecule has 0 aliphatic heterocycles. The van der Waals surface area contributed by atoms with Crippen LogP contribution in [0.3, 0.4) is 0 Å². The molecule has 4 nitrogen and oxygen atoms in total. The molecule has 6 heteroatoms. The molecule has 0 fully saturated rings. The predicted molar refractivity (Wildman–Crippen MR) is 118 cm³/mol. The van der Waals surface area contributed by atoms with E-state index in [0.29, 0.717) is 43.3 Å². The molecule has 3 aromatic carbocycles. The van der Waals surface area contributed by atoms with Crippen LogP contribution in [0.2, 0.25) is 10.0 Å². The number of fused-ring (bicyclic) bond motifs is 1. The normalized spacial score (nSPS) is 10.7. The predicted octanol–water partition coefficient (Wildman–Crippen LogP) is 6.25. The Kier molecular flexibility index (Phi) is 5.79. The molecule has 0 atom stereocenters. The van der Waals surface area contributed by atoms with Gasteiger partial charge in [0.1, 0.15) is 0 Å². The molecule has 0 N–H and O–H groups in total. The SMILES string of the molecule is O=C(COC(=O)c1cc(-c2ccccc2Cl)nc2ccccc12)c1ccccc1Cl. The molecule has 0 aliphatic rings. The number of ether oxygens (including phenoxy) is 1. The van der Waals surface area contributed by atoms with Gasteiger partial charge in [-0.25, -0.2) is 9.78 Å². The highest BCUT2D eigenvalue weighted by Gasteiger charge is 2.18. The van der Waals surface area contributed by atoms with Crippen LogP contribution in [0.1, 0.15) is 20.7 Å². The number of pyridine rings is 1. The molecule has 148 valence electrons. The van der Waals surface area contributed by atoms with E-state index in [1.165, 1.54) is 0 Å². The third-order valence-electron chi connectivity index (χ3n) is 4.59. The number of ketones is 1. The number of aromatic nitrogens is 1. The lowest BCUT2D eigenvalue weighted by molar-refractivity contribution is 0.0476. The molecule has 0 saturated carbocycles. The van der Waals surface area contributed by atoms with Crippen LogP contribution in [-0.2, 0) is 4.74 Å². The monoisotopic (exact) mass is 435 g/mol. The highest BCUT2D eigenvalue weighted by molar-refractivity contribution is 6.34. The second-order valence-corrected chi connectivity index (χ2v) is 7.35. The summed E-state index contributed by atoms with van der Waals surface area (Å²) in [6.45, 7) is -0.416. The Morgan fingerprint density at radius 2 is 1.47 bits per heavy atom. The first-order chi connectivity index (χ1) is 14.5. The molecule has 0 bridgehead atoms. The number of hydrogen-bond donors (Lipinski definition) is 0. The van der Waals surface area contributed by atoms with E-state index in [9.17, 15) is 9.59 Å². The topological polar surface area (TPSA) is 56.3 Å². The zero-order valence-corrected chi connectivity index (χ0v) is 17.2. The molecule has 0 unspecified atom stereocenters. The van der Waals surface area contributed by atoms with Gasteiger partial charge in [0.15, 0.2) is 6.61 Å². The Balaban J connectivity index is 1.67. The van der Waals surface area contributed by atoms with Gasteiger partial charge >= 0.3 is 5.97 Å². The molecule has 0 aliphatic carbocycles. The number of rotatable bonds is 5. The second-order valence-electron chi connectivity index (χ2n) is 6.53. The molecule has 1 aromatic heterocycles. The summed E-state index contributed by atoms with van der Waals surface area (Å²) >= 11 is 12.4. The van der Waals surface area contributed by atoms with E-state index < -0.39 is 12.6 Å². The lowest BCUT2D eigenvalue weighted by atomic mass is 10.0. The third kappa shape index (κ3) is 4.06. The van der Waals surface area contributed by atoms with Crippen molar-refractivity contribution in [3.8, 4) is 11.3 Å². The molecule has 1 heterocycles. The summed E-state index contributed by atoms with van der Waals surface area (Å²) in [5.74, 6) is -0.999. The van der Waals surface area contributed by atoms with Crippen LogP contribution in [0.4, 0.5) is 0 Å². The van der Waals surface area contributed by atoms with Crippen LogP contribution >= 0.6 is 23.2 Å². The minimum absolute atomic E-state index is 0.308. The number of nitrogens with zero attached hydrogens (tertiary/aromatic N) is 1. The van der Waals surface area contributed by atoms with Crippen molar-refractivity contribution >= 4 is 45.9 Å². The van der Waals surface area contributed by atoms with Gasteiger partial charge in [-0.05, 0) is 30.3 Å². The Bertz CT molecular complexity index is 1270. The Labute approximate surface area is 183 Å². The zero-order valence-electron chi connectivity index (χ0n) is 15.6. The van der Waals surface area contributed by atoms with Gasteiger partial charge in [0.25, 0.3) is 0 Å². The zero-order chi connectivity index (χ0) is 21.1. The van der Waals surface area contributed by atoms with E-state index in [-0.39, 0.29) is 5.78 Å². The van der Waals surface area contributed by atoms with E-state index in [2.05, 4.69) is 4.98 Å². The Morgan fingerprint density at radius 1 is 0.800 bits per heavy atom. The van der Waals surface area contributed by atoms with Crippen LogP contribution in [0.5, 0.6) is 0 Å². The van der Waals surface area contributed by atoms with Gasteiger partial charge in [-0.15, -0.1) is 0 Å². The van der Waals surface area contributed by atoms with Gasteiger partial charge in [0.2, 0.25) is 5.78 Å². The smallest absolute Gasteiger partial charge is 0.339 e. The average molecular weight is 436 g/mol. The van der Waals surface area contributed by atoms with Crippen molar-refractivity contribution in [2.45, 2.75) is 0 Å². The summed E-state index contributed by atoms with van der Waals surface area (Å²) in [4.78, 5) is 29.9. The second kappa shape index (κ2) is 8.66. The van der Waals surface area contributed by atoms with Crippen LogP contribution < -0.4 is 0 Å². The van der Waals surface area contributed by atoms with Crippen molar-refractivity contribution in [2.75, 3.05) is 6.61 Å². The van der Waals surface area contributed by atoms with Gasteiger partial charge in [0.05, 0.1) is 21.8 Å². The molecule has 0 spiro atoms. The fourth-order valence-corrected chi connectivity index (χ4v) is 3.60. The quantitative estimate of drug-likeness (QED) is 0.274. The first-order valence-electron chi connectivity index (χ1n) is 9.14. The van der Waals surface area contributed by atoms with Crippen molar-refractivity contribution < 1.29 is 14.3 Å². The van der Waals surface area contributed by atoms with Crippen molar-refractivity contribution in [1.29, 1.82) is 0 Å². The number of carbonyl (C=O) groups excluding carboxylic acids is 2. The van der Waals surface area contributed by atoms with Crippen LogP contribution in [0, 0.1) is 0 Å². The summed E-state index contributed by atoms with van der Waals surface area (Å²) in [7, 11) is 0. The highest BCUT2D eigenvalue weighted by Crippen LogP contribution is 2.30. The number of Topliss-reactive ketones (excluding diaryl/α,β-unsaturated/α-hetero) is 1. The summed E-state index contributed by atoms with van der Waals surface area (Å²) in [5, 5.41) is 1.46. The summed E-state index contributed by atoms with van der Waals surface area (Å²) in [5.41, 5.74) is 2.49. The number of esters is 1. The number of hydrogen-bond acceptors (Lipinski definition) is 4. The minimum Gasteiger partial charge on any atom is -0.454 e. The van der Waals surface area contributed by atoms with Gasteiger partial charge in [-0.1, -0.05) is 71.7 Å². The standard InChI is InChI=1S/C24H15Cl2NO3/c25-19-10-4-1-8-16(19)22-13-18(15-7-3-6-12-21(15)27-22)24(29)30-14-23(28)17-9-2-5-11-20(17)26/h1-13H,14H2. The van der Waals surface area contributed by atoms with E-state index in [1.54, 1.807) is 48.5 Å². The minimum atomic E-state index is -0.623. The molecule has 4 aromatic rings. The summed E-state index contributed by atoms with van der Waals surface area (Å²) in [6.07, 6.45) is 0. The Morgan fingerprint density at radius 3 is 2.23 bits per heavy atom. The largest absolute Gasteiger partial charge is 0.454 e. The average Bonchev–Trinajstić information content (AvgIpc) is 2.77. The van der Waals surface area contributed by atoms with Crippen molar-refractivity contribution in [2.24, 2.45) is 0 Å². The van der Waals surface area contributed by atoms with Crippen LogP contribution in [-0.4, -0.2) is 23.3 Å². The molecule has 0 saturated heterocycles. The van der Waals surface area contributed by atoms with E-state index in [4.69, 9.17) is 27.9 Å². The molecule has 30 heavy (non-hydrogen) atoms. The molecule has 0 radical (unpaired) electrons. The maximum Gasteiger partial charge on any atom is 0.339 e. The molecule has 4 rings (SSSR count). The lowest BCUT2D eigenvalue weighted by Gasteiger charge is -2.11. The van der Waals surface area contributed by atoms with Crippen LogP contribution in [0.25, 0.3) is 22.2 Å². The Hall–Kier alpha value is -3.21. The van der Waals surface area contributed by atoms with Crippen LogP contribution in [0.15, 0.2) is 78.9 Å². The summed E-state index contributed by atoms with van der Waals surface area (Å²) < 4.78 is 5.32. The number of carbonyl (C=O) groups is 2. The van der Waals surface area contributed by atoms with E-state index in [0.717, 1.165) is 0 Å². The van der Waals surface area contributed by atoms with Crippen molar-refractivity contribution in [3.05, 3.63) is 100 Å². The van der Waals surface area contributed by atoms with E-state index >= 15 is 0 Å². The first-order valence-corrected chi connectivity index (χ1v) is 9.90. The first kappa shape index (κ1) is 20.1. The van der Waals surface area contributed by atoms with Gasteiger partial charge in [0, 0.05) is 21.5 Å². The number of halogens is 2. The third-order valence-corrected chi connectivity index (χ3v) is 5.25. The summed E-state index contributed by atoms with van der Waals surface area (Å²) in [6, 6.07) is 22.8. The molecular weight excluding hydrogens is 421 g/mol. The van der Waals surface area contributed by atoms with Gasteiger partial charge in [-0.2, -0.15) is 0 Å². The lowest BCUT2D eigenvalue weighted by Crippen LogP contribution is -2.15. The maximum absolute atomic E-state index is 12.9. The van der Waals surface area contributed by atoms with Gasteiger partial charge < -0.3 is 4.74 Å².